The summed E-state index contributed by atoms with van der Waals surface area (Å²) in [6, 6.07) is 0.213. The lowest BCUT2D eigenvalue weighted by molar-refractivity contribution is 0.202. The lowest BCUT2D eigenvalue weighted by Gasteiger charge is -2.25. The first kappa shape index (κ1) is 9.76. The van der Waals surface area contributed by atoms with E-state index in [4.69, 9.17) is 11.6 Å². The van der Waals surface area contributed by atoms with Crippen LogP contribution in [-0.2, 0) is 0 Å². The number of hydrogen-bond acceptors (Lipinski definition) is 1. The smallest absolute Gasteiger partial charge is 0.316 e. The predicted octanol–water partition coefficient (Wildman–Crippen LogP) is 2.32. The van der Waals surface area contributed by atoms with Crippen molar-refractivity contribution in [1.82, 2.24) is 4.90 Å². The Hall–Kier alpha value is -0.240. The molecule has 1 unspecified atom stereocenters. The van der Waals surface area contributed by atoms with Crippen molar-refractivity contribution in [2.24, 2.45) is 5.92 Å². The van der Waals surface area contributed by atoms with E-state index in [1.807, 2.05) is 6.92 Å². The Kier molecular flexibility index (Phi) is 3.72. The highest BCUT2D eigenvalue weighted by molar-refractivity contribution is 6.62. The first-order chi connectivity index (χ1) is 4.46. The molecule has 0 N–H and O–H groups in total. The van der Waals surface area contributed by atoms with Crippen LogP contribution in [0, 0.1) is 5.92 Å². The van der Waals surface area contributed by atoms with Crippen molar-refractivity contribution in [2.75, 3.05) is 7.05 Å². The fraction of sp³-hybridized carbons (Fsp3) is 0.857. The molecule has 0 aromatic carbocycles. The minimum absolute atomic E-state index is 0.213. The molecule has 0 aliphatic heterocycles. The van der Waals surface area contributed by atoms with Crippen molar-refractivity contribution in [2.45, 2.75) is 26.8 Å². The van der Waals surface area contributed by atoms with Gasteiger partial charge in [0, 0.05) is 13.1 Å². The second kappa shape index (κ2) is 3.81. The van der Waals surface area contributed by atoms with E-state index in [0.29, 0.717) is 5.92 Å². The summed E-state index contributed by atoms with van der Waals surface area (Å²) in [6.07, 6.45) is 0. The van der Waals surface area contributed by atoms with Gasteiger partial charge in [0.25, 0.3) is 0 Å². The van der Waals surface area contributed by atoms with Crippen LogP contribution in [0.2, 0.25) is 0 Å². The quantitative estimate of drug-likeness (QED) is 0.452. The van der Waals surface area contributed by atoms with Crippen LogP contribution in [0.5, 0.6) is 0 Å². The standard InChI is InChI=1S/C7H14ClNO/c1-5(2)6(3)9(4)7(8)10/h5-6H,1-4H3. The van der Waals surface area contributed by atoms with Crippen LogP contribution in [0.1, 0.15) is 20.8 Å². The molecule has 0 heterocycles. The van der Waals surface area contributed by atoms with E-state index in [1.165, 1.54) is 4.90 Å². The molecule has 0 rings (SSSR count). The number of nitrogens with zero attached hydrogens (tertiary/aromatic N) is 1. The number of carbonyl (C=O) groups is 1. The lowest BCUT2D eigenvalue weighted by Crippen LogP contribution is -2.34. The number of halogens is 1. The highest BCUT2D eigenvalue weighted by Crippen LogP contribution is 2.09. The molecule has 0 saturated heterocycles. The third kappa shape index (κ3) is 2.56. The summed E-state index contributed by atoms with van der Waals surface area (Å²) in [5.41, 5.74) is 0. The molecule has 3 heteroatoms. The van der Waals surface area contributed by atoms with Crippen LogP contribution in [0.25, 0.3) is 0 Å². The molecule has 0 aromatic rings. The van der Waals surface area contributed by atoms with E-state index in [0.717, 1.165) is 0 Å². The molecule has 2 nitrogen and oxygen atoms in total. The van der Waals surface area contributed by atoms with E-state index < -0.39 is 0 Å². The van der Waals surface area contributed by atoms with Gasteiger partial charge in [0.2, 0.25) is 0 Å². The second-order valence-electron chi connectivity index (χ2n) is 2.85. The van der Waals surface area contributed by atoms with Gasteiger partial charge in [-0.2, -0.15) is 0 Å². The molecule has 60 valence electrons. The van der Waals surface area contributed by atoms with Gasteiger partial charge in [-0.1, -0.05) is 13.8 Å². The number of carbonyl (C=O) groups excluding carboxylic acids is 1. The molecular weight excluding hydrogens is 150 g/mol. The minimum atomic E-state index is -0.388. The van der Waals surface area contributed by atoms with Crippen LogP contribution in [0.15, 0.2) is 0 Å². The van der Waals surface area contributed by atoms with Crippen molar-refractivity contribution < 1.29 is 4.79 Å². The van der Waals surface area contributed by atoms with Crippen LogP contribution in [-0.4, -0.2) is 23.4 Å². The average Bonchev–Trinajstić information content (AvgIpc) is 1.84. The molecule has 0 aliphatic carbocycles. The third-order valence-corrected chi connectivity index (χ3v) is 2.12. The van der Waals surface area contributed by atoms with Crippen LogP contribution in [0.4, 0.5) is 4.79 Å². The van der Waals surface area contributed by atoms with Crippen LogP contribution in [0.3, 0.4) is 0 Å². The topological polar surface area (TPSA) is 20.3 Å². The fourth-order valence-electron chi connectivity index (χ4n) is 0.607. The Morgan fingerprint density at radius 2 is 1.80 bits per heavy atom. The Bertz CT molecular complexity index is 125. The van der Waals surface area contributed by atoms with Gasteiger partial charge in [0.05, 0.1) is 0 Å². The summed E-state index contributed by atoms with van der Waals surface area (Å²) >= 11 is 5.25. The molecule has 1 atom stereocenters. The van der Waals surface area contributed by atoms with Gasteiger partial charge in [-0.15, -0.1) is 0 Å². The van der Waals surface area contributed by atoms with E-state index in [9.17, 15) is 4.79 Å². The summed E-state index contributed by atoms with van der Waals surface area (Å²) < 4.78 is 0. The minimum Gasteiger partial charge on any atom is -0.329 e. The van der Waals surface area contributed by atoms with Crippen molar-refractivity contribution in [3.05, 3.63) is 0 Å². The maximum atomic E-state index is 10.6. The first-order valence-electron chi connectivity index (χ1n) is 3.39. The monoisotopic (exact) mass is 163 g/mol. The van der Waals surface area contributed by atoms with Crippen molar-refractivity contribution in [1.29, 1.82) is 0 Å². The van der Waals surface area contributed by atoms with Crippen molar-refractivity contribution >= 4 is 17.0 Å². The van der Waals surface area contributed by atoms with Gasteiger partial charge in [0.1, 0.15) is 0 Å². The number of amides is 1. The molecule has 0 fully saturated rings. The summed E-state index contributed by atoms with van der Waals surface area (Å²) in [6.45, 7) is 6.09. The van der Waals surface area contributed by atoms with E-state index in [1.54, 1.807) is 7.05 Å². The van der Waals surface area contributed by atoms with Gasteiger partial charge in [-0.05, 0) is 24.4 Å². The first-order valence-corrected chi connectivity index (χ1v) is 3.77. The fourth-order valence-corrected chi connectivity index (χ4v) is 0.761. The summed E-state index contributed by atoms with van der Waals surface area (Å²) in [5, 5.41) is -0.388. The highest BCUT2D eigenvalue weighted by Gasteiger charge is 2.15. The van der Waals surface area contributed by atoms with Gasteiger partial charge < -0.3 is 4.90 Å². The predicted molar refractivity (Wildman–Crippen MR) is 43.3 cm³/mol. The second-order valence-corrected chi connectivity index (χ2v) is 3.17. The summed E-state index contributed by atoms with van der Waals surface area (Å²) in [5.74, 6) is 0.452. The SMILES string of the molecule is CC(C)C(C)N(C)C(=O)Cl. The van der Waals surface area contributed by atoms with E-state index in [2.05, 4.69) is 13.8 Å². The molecular formula is C7H14ClNO. The van der Waals surface area contributed by atoms with E-state index in [-0.39, 0.29) is 11.4 Å². The molecule has 0 spiro atoms. The van der Waals surface area contributed by atoms with Crippen molar-refractivity contribution in [3.63, 3.8) is 0 Å². The largest absolute Gasteiger partial charge is 0.329 e. The average molecular weight is 164 g/mol. The zero-order valence-electron chi connectivity index (χ0n) is 6.89. The molecule has 0 aliphatic rings. The normalized spacial score (nSPS) is 13.4. The zero-order chi connectivity index (χ0) is 8.31. The number of hydrogen-bond donors (Lipinski definition) is 0. The van der Waals surface area contributed by atoms with Gasteiger partial charge in [0.15, 0.2) is 0 Å². The Labute approximate surface area is 67.2 Å². The molecule has 0 aromatic heterocycles. The summed E-state index contributed by atoms with van der Waals surface area (Å²) in [7, 11) is 1.71. The maximum Gasteiger partial charge on any atom is 0.316 e. The highest BCUT2D eigenvalue weighted by atomic mass is 35.5. The van der Waals surface area contributed by atoms with Gasteiger partial charge in [-0.3, -0.25) is 4.79 Å². The zero-order valence-corrected chi connectivity index (χ0v) is 7.64. The molecule has 0 radical (unpaired) electrons. The van der Waals surface area contributed by atoms with E-state index >= 15 is 0 Å². The molecule has 0 bridgehead atoms. The number of rotatable bonds is 2. The molecule has 1 amide bonds. The Morgan fingerprint density at radius 1 is 1.40 bits per heavy atom. The molecule has 10 heavy (non-hydrogen) atoms. The van der Waals surface area contributed by atoms with Crippen molar-refractivity contribution in [3.8, 4) is 0 Å². The van der Waals surface area contributed by atoms with Gasteiger partial charge in [-0.25, -0.2) is 0 Å². The van der Waals surface area contributed by atoms with Crippen LogP contribution >= 0.6 is 11.6 Å². The Balaban J connectivity index is 3.94. The maximum absolute atomic E-state index is 10.6. The third-order valence-electron chi connectivity index (χ3n) is 1.85. The summed E-state index contributed by atoms with van der Waals surface area (Å²) in [4.78, 5) is 12.1. The van der Waals surface area contributed by atoms with Crippen LogP contribution < -0.4 is 0 Å². The molecule has 0 saturated carbocycles. The van der Waals surface area contributed by atoms with Gasteiger partial charge >= 0.3 is 5.37 Å². The lowest BCUT2D eigenvalue weighted by atomic mass is 10.1. The Morgan fingerprint density at radius 3 is 1.90 bits per heavy atom.